The quantitative estimate of drug-likeness (QED) is 0.737. The normalized spacial score (nSPS) is 11.4. The fourth-order valence-electron chi connectivity index (χ4n) is 2.64. The molecule has 0 saturated heterocycles. The Morgan fingerprint density at radius 3 is 2.55 bits per heavy atom. The summed E-state index contributed by atoms with van der Waals surface area (Å²) in [5.74, 6) is 0.460. The van der Waals surface area contributed by atoms with Gasteiger partial charge in [0.1, 0.15) is 23.0 Å². The summed E-state index contributed by atoms with van der Waals surface area (Å²) in [7, 11) is 4.23. The fraction of sp³-hybridized carbons (Fsp3) is 0.312. The van der Waals surface area contributed by atoms with Gasteiger partial charge in [0.05, 0.1) is 31.7 Å². The van der Waals surface area contributed by atoms with Gasteiger partial charge in [-0.05, 0) is 12.1 Å². The predicted molar refractivity (Wildman–Crippen MR) is 86.5 cm³/mol. The topological polar surface area (TPSA) is 85.0 Å². The number of para-hydroxylation sites is 2. The number of benzene rings is 1. The summed E-state index contributed by atoms with van der Waals surface area (Å²) in [4.78, 5) is 10.6. The first-order valence-electron chi connectivity index (χ1n) is 7.35. The lowest BCUT2D eigenvalue weighted by atomic mass is 10.2. The van der Waals surface area contributed by atoms with E-state index in [0.29, 0.717) is 22.5 Å². The smallest absolute Gasteiger partial charge is 0.162 e. The number of nitrogens with one attached hydrogen (secondary N) is 1. The number of rotatable bonds is 4. The molecule has 0 bridgehead atoms. The summed E-state index contributed by atoms with van der Waals surface area (Å²) in [6.45, 7) is 1.77. The van der Waals surface area contributed by atoms with Crippen molar-refractivity contribution in [2.75, 3.05) is 26.4 Å². The Kier molecular flexibility index (Phi) is 3.65. The molecule has 1 aromatic carbocycles. The molecule has 3 rings (SSSR count). The molecule has 0 atom stereocenters. The van der Waals surface area contributed by atoms with E-state index in [1.165, 1.54) is 4.90 Å². The molecule has 0 aliphatic rings. The minimum atomic E-state index is 0.422. The van der Waals surface area contributed by atoms with E-state index >= 15 is 0 Å². The summed E-state index contributed by atoms with van der Waals surface area (Å²) in [5, 5.41) is 9.40. The third-order valence-corrected chi connectivity index (χ3v) is 3.76. The SMILES string of the molecule is C[NH+](C)CCCn1c(N)c(C#N)c2nc3ccccc3nc21. The molecular weight excluding hydrogens is 276 g/mol. The van der Waals surface area contributed by atoms with Crippen molar-refractivity contribution in [2.24, 2.45) is 0 Å². The first kappa shape index (κ1) is 14.3. The number of hydrogen-bond acceptors (Lipinski definition) is 4. The van der Waals surface area contributed by atoms with E-state index in [-0.39, 0.29) is 0 Å². The van der Waals surface area contributed by atoms with Gasteiger partial charge in [-0.15, -0.1) is 0 Å². The Balaban J connectivity index is 2.16. The monoisotopic (exact) mass is 295 g/mol. The molecule has 0 amide bonds. The molecule has 22 heavy (non-hydrogen) atoms. The molecule has 0 saturated carbocycles. The zero-order valence-corrected chi connectivity index (χ0v) is 12.8. The van der Waals surface area contributed by atoms with Crippen LogP contribution >= 0.6 is 0 Å². The summed E-state index contributed by atoms with van der Waals surface area (Å²) in [6.07, 6.45) is 0.968. The van der Waals surface area contributed by atoms with Gasteiger partial charge in [-0.2, -0.15) is 5.26 Å². The average molecular weight is 295 g/mol. The van der Waals surface area contributed by atoms with Crippen molar-refractivity contribution in [2.45, 2.75) is 13.0 Å². The molecule has 6 nitrogen and oxygen atoms in total. The van der Waals surface area contributed by atoms with Crippen molar-refractivity contribution in [3.05, 3.63) is 29.8 Å². The predicted octanol–water partition coefficient (Wildman–Crippen LogP) is 0.573. The molecule has 112 valence electrons. The summed E-state index contributed by atoms with van der Waals surface area (Å²) >= 11 is 0. The molecule has 2 aromatic heterocycles. The van der Waals surface area contributed by atoms with Crippen LogP contribution in [-0.2, 0) is 6.54 Å². The third kappa shape index (κ3) is 2.36. The summed E-state index contributed by atoms with van der Waals surface area (Å²) in [6, 6.07) is 9.83. The van der Waals surface area contributed by atoms with Gasteiger partial charge in [0, 0.05) is 13.0 Å². The highest BCUT2D eigenvalue weighted by Crippen LogP contribution is 2.27. The lowest BCUT2D eigenvalue weighted by Crippen LogP contribution is -3.05. The fourth-order valence-corrected chi connectivity index (χ4v) is 2.64. The summed E-state index contributed by atoms with van der Waals surface area (Å²) < 4.78 is 1.91. The minimum absolute atomic E-state index is 0.422. The summed E-state index contributed by atoms with van der Waals surface area (Å²) in [5.41, 5.74) is 9.47. The van der Waals surface area contributed by atoms with Crippen molar-refractivity contribution >= 4 is 28.0 Å². The van der Waals surface area contributed by atoms with Gasteiger partial charge in [-0.3, -0.25) is 0 Å². The van der Waals surface area contributed by atoms with E-state index in [1.807, 2.05) is 28.8 Å². The van der Waals surface area contributed by atoms with Crippen LogP contribution in [0.2, 0.25) is 0 Å². The van der Waals surface area contributed by atoms with Gasteiger partial charge >= 0.3 is 0 Å². The second-order valence-corrected chi connectivity index (χ2v) is 5.72. The highest BCUT2D eigenvalue weighted by Gasteiger charge is 2.18. The third-order valence-electron chi connectivity index (χ3n) is 3.76. The number of aryl methyl sites for hydroxylation is 1. The van der Waals surface area contributed by atoms with Gasteiger partial charge < -0.3 is 15.2 Å². The van der Waals surface area contributed by atoms with Crippen LogP contribution in [0, 0.1) is 11.3 Å². The van der Waals surface area contributed by atoms with Crippen molar-refractivity contribution in [1.29, 1.82) is 5.26 Å². The number of nitriles is 1. The van der Waals surface area contributed by atoms with E-state index in [4.69, 9.17) is 5.73 Å². The van der Waals surface area contributed by atoms with Crippen LogP contribution in [0.15, 0.2) is 24.3 Å². The van der Waals surface area contributed by atoms with Crippen LogP contribution in [0.3, 0.4) is 0 Å². The number of anilines is 1. The number of nitrogens with zero attached hydrogens (tertiary/aromatic N) is 4. The number of quaternary nitrogens is 1. The lowest BCUT2D eigenvalue weighted by molar-refractivity contribution is -0.858. The molecule has 0 spiro atoms. The molecule has 6 heteroatoms. The van der Waals surface area contributed by atoms with Crippen molar-refractivity contribution < 1.29 is 4.90 Å². The molecule has 0 fully saturated rings. The highest BCUT2D eigenvalue weighted by atomic mass is 15.1. The Morgan fingerprint density at radius 1 is 1.23 bits per heavy atom. The largest absolute Gasteiger partial charge is 0.384 e. The van der Waals surface area contributed by atoms with Crippen LogP contribution in [0.25, 0.3) is 22.2 Å². The lowest BCUT2D eigenvalue weighted by Gasteiger charge is -2.09. The zero-order valence-electron chi connectivity index (χ0n) is 12.8. The molecule has 3 aromatic rings. The van der Waals surface area contributed by atoms with Crippen LogP contribution in [-0.4, -0.2) is 35.2 Å². The number of nitrogens with two attached hydrogens (primary N) is 1. The molecule has 0 aliphatic heterocycles. The van der Waals surface area contributed by atoms with Gasteiger partial charge in [0.2, 0.25) is 0 Å². The number of fused-ring (bicyclic) bond motifs is 2. The minimum Gasteiger partial charge on any atom is -0.384 e. The maximum absolute atomic E-state index is 9.40. The average Bonchev–Trinajstić information content (AvgIpc) is 2.76. The molecule has 2 heterocycles. The number of aromatic nitrogens is 3. The molecule has 0 aliphatic carbocycles. The molecule has 3 N–H and O–H groups in total. The highest BCUT2D eigenvalue weighted by molar-refractivity contribution is 5.92. The first-order chi connectivity index (χ1) is 10.6. The Morgan fingerprint density at radius 2 is 1.91 bits per heavy atom. The Bertz CT molecular complexity index is 872. The Labute approximate surface area is 128 Å². The van der Waals surface area contributed by atoms with Crippen LogP contribution in [0.1, 0.15) is 12.0 Å². The van der Waals surface area contributed by atoms with Crippen molar-refractivity contribution in [3.8, 4) is 6.07 Å². The van der Waals surface area contributed by atoms with Crippen LogP contribution in [0.4, 0.5) is 5.82 Å². The standard InChI is InChI=1S/C16H18N6/c1-21(2)8-5-9-22-15(18)11(10-17)14-16(22)20-13-7-4-3-6-12(13)19-14/h3-4,6-7H,5,8-9,18H2,1-2H3/p+1. The van der Waals surface area contributed by atoms with Gasteiger partial charge in [0.25, 0.3) is 0 Å². The van der Waals surface area contributed by atoms with Gasteiger partial charge in [-0.25, -0.2) is 9.97 Å². The van der Waals surface area contributed by atoms with Gasteiger partial charge in [0.15, 0.2) is 5.65 Å². The molecule has 0 radical (unpaired) electrons. The van der Waals surface area contributed by atoms with Crippen LogP contribution < -0.4 is 10.6 Å². The molecular formula is C16H19N6+. The zero-order chi connectivity index (χ0) is 15.7. The van der Waals surface area contributed by atoms with E-state index in [1.54, 1.807) is 0 Å². The molecule has 0 unspecified atom stereocenters. The maximum atomic E-state index is 9.40. The van der Waals surface area contributed by atoms with E-state index in [0.717, 1.165) is 30.5 Å². The van der Waals surface area contributed by atoms with Crippen molar-refractivity contribution in [3.63, 3.8) is 0 Å². The maximum Gasteiger partial charge on any atom is 0.162 e. The van der Waals surface area contributed by atoms with Gasteiger partial charge in [-0.1, -0.05) is 12.1 Å². The van der Waals surface area contributed by atoms with E-state index in [2.05, 4.69) is 30.1 Å². The van der Waals surface area contributed by atoms with Crippen molar-refractivity contribution in [1.82, 2.24) is 14.5 Å². The number of nitrogen functional groups attached to an aromatic ring is 1. The second-order valence-electron chi connectivity index (χ2n) is 5.72. The Hall–Kier alpha value is -2.65. The van der Waals surface area contributed by atoms with E-state index < -0.39 is 0 Å². The second kappa shape index (κ2) is 5.62. The number of hydrogen-bond donors (Lipinski definition) is 2. The van der Waals surface area contributed by atoms with Crippen LogP contribution in [0.5, 0.6) is 0 Å². The first-order valence-corrected chi connectivity index (χ1v) is 7.35. The van der Waals surface area contributed by atoms with E-state index in [9.17, 15) is 5.26 Å².